The van der Waals surface area contributed by atoms with E-state index in [0.717, 1.165) is 36.0 Å². The van der Waals surface area contributed by atoms with Gasteiger partial charge in [-0.25, -0.2) is 0 Å². The molecule has 0 aliphatic carbocycles. The third kappa shape index (κ3) is 2.76. The number of fused-ring (bicyclic) bond motifs is 1. The molecule has 4 heteroatoms. The lowest BCUT2D eigenvalue weighted by Gasteiger charge is -2.36. The Bertz CT molecular complexity index is 655. The van der Waals surface area contributed by atoms with E-state index in [2.05, 4.69) is 17.2 Å². The zero-order chi connectivity index (χ0) is 14.8. The molecular weight excluding hydrogens is 262 g/mol. The highest BCUT2D eigenvalue weighted by atomic mass is 16.2. The van der Waals surface area contributed by atoms with Crippen LogP contribution in [0.4, 0.5) is 0 Å². The molecule has 0 bridgehead atoms. The van der Waals surface area contributed by atoms with E-state index in [1.165, 1.54) is 0 Å². The maximum atomic E-state index is 12.7. The zero-order valence-electron chi connectivity index (χ0n) is 12.5. The van der Waals surface area contributed by atoms with Crippen LogP contribution in [0.2, 0.25) is 0 Å². The number of piperidine rings is 1. The Morgan fingerprint density at radius 1 is 1.38 bits per heavy atom. The number of carbonyl (C=O) groups excluding carboxylic acids is 1. The summed E-state index contributed by atoms with van der Waals surface area (Å²) in [6.07, 6.45) is 2.78. The van der Waals surface area contributed by atoms with Gasteiger partial charge in [0, 0.05) is 36.3 Å². The van der Waals surface area contributed by atoms with Gasteiger partial charge in [0.05, 0.1) is 5.52 Å². The van der Waals surface area contributed by atoms with E-state index in [0.29, 0.717) is 12.0 Å². The second-order valence-corrected chi connectivity index (χ2v) is 5.82. The fourth-order valence-corrected chi connectivity index (χ4v) is 3.15. The molecule has 1 amide bonds. The topological polar surface area (TPSA) is 45.2 Å². The predicted octanol–water partition coefficient (Wildman–Crippen LogP) is 2.30. The highest BCUT2D eigenvalue weighted by Crippen LogP contribution is 2.20. The van der Waals surface area contributed by atoms with Gasteiger partial charge >= 0.3 is 0 Å². The molecule has 3 rings (SSSR count). The summed E-state index contributed by atoms with van der Waals surface area (Å²) < 4.78 is 0. The maximum absolute atomic E-state index is 12.7. The number of benzene rings is 1. The fraction of sp³-hybridized carbons (Fsp3) is 0.412. The lowest BCUT2D eigenvalue weighted by Crippen LogP contribution is -2.49. The van der Waals surface area contributed by atoms with Gasteiger partial charge in [-0.2, -0.15) is 0 Å². The maximum Gasteiger partial charge on any atom is 0.253 e. The van der Waals surface area contributed by atoms with Crippen molar-refractivity contribution in [2.24, 2.45) is 5.92 Å². The number of carbonyl (C=O) groups is 1. The lowest BCUT2D eigenvalue weighted by atomic mass is 9.93. The van der Waals surface area contributed by atoms with Crippen molar-refractivity contribution in [3.05, 3.63) is 42.1 Å². The Balaban J connectivity index is 1.80. The molecular formula is C17H21N3O. The standard InChI is InChI=1S/C17H21N3O/c1-12-11-20(9-7-15(12)18-2)17(21)14-5-6-16-13(10-14)4-3-8-19-16/h3-6,8,10,12,15,18H,7,9,11H2,1-2H3. The van der Waals surface area contributed by atoms with E-state index in [1.807, 2.05) is 42.3 Å². The summed E-state index contributed by atoms with van der Waals surface area (Å²) in [5, 5.41) is 4.35. The first-order valence-corrected chi connectivity index (χ1v) is 7.50. The van der Waals surface area contributed by atoms with Crippen LogP contribution in [0.15, 0.2) is 36.5 Å². The molecule has 2 atom stereocenters. The minimum Gasteiger partial charge on any atom is -0.338 e. The highest BCUT2D eigenvalue weighted by Gasteiger charge is 2.28. The third-order valence-corrected chi connectivity index (χ3v) is 4.41. The summed E-state index contributed by atoms with van der Waals surface area (Å²) in [6.45, 7) is 3.83. The molecule has 2 unspecified atom stereocenters. The number of aromatic nitrogens is 1. The van der Waals surface area contributed by atoms with Gasteiger partial charge in [0.15, 0.2) is 0 Å². The van der Waals surface area contributed by atoms with Crippen LogP contribution >= 0.6 is 0 Å². The number of hydrogen-bond acceptors (Lipinski definition) is 3. The van der Waals surface area contributed by atoms with Gasteiger partial charge in [-0.3, -0.25) is 9.78 Å². The minimum absolute atomic E-state index is 0.127. The van der Waals surface area contributed by atoms with Crippen molar-refractivity contribution in [3.63, 3.8) is 0 Å². The van der Waals surface area contributed by atoms with Crippen molar-refractivity contribution in [3.8, 4) is 0 Å². The van der Waals surface area contributed by atoms with Crippen LogP contribution in [0.3, 0.4) is 0 Å². The first kappa shape index (κ1) is 14.0. The van der Waals surface area contributed by atoms with Gasteiger partial charge in [-0.15, -0.1) is 0 Å². The van der Waals surface area contributed by atoms with Crippen molar-refractivity contribution in [1.29, 1.82) is 0 Å². The van der Waals surface area contributed by atoms with E-state index in [9.17, 15) is 4.79 Å². The van der Waals surface area contributed by atoms with E-state index in [-0.39, 0.29) is 5.91 Å². The minimum atomic E-state index is 0.127. The molecule has 1 aliphatic rings. The van der Waals surface area contributed by atoms with Gasteiger partial charge < -0.3 is 10.2 Å². The predicted molar refractivity (Wildman–Crippen MR) is 84.3 cm³/mol. The number of pyridine rings is 1. The third-order valence-electron chi connectivity index (χ3n) is 4.41. The zero-order valence-corrected chi connectivity index (χ0v) is 12.5. The molecule has 1 saturated heterocycles. The Labute approximate surface area is 125 Å². The Morgan fingerprint density at radius 3 is 3.00 bits per heavy atom. The van der Waals surface area contributed by atoms with Gasteiger partial charge in [0.25, 0.3) is 5.91 Å². The first-order chi connectivity index (χ1) is 10.2. The van der Waals surface area contributed by atoms with E-state index in [4.69, 9.17) is 0 Å². The largest absolute Gasteiger partial charge is 0.338 e. The molecule has 2 heterocycles. The normalized spacial score (nSPS) is 22.5. The summed E-state index contributed by atoms with van der Waals surface area (Å²) in [7, 11) is 2.00. The molecule has 0 radical (unpaired) electrons. The quantitative estimate of drug-likeness (QED) is 0.920. The smallest absolute Gasteiger partial charge is 0.253 e. The number of amides is 1. The van der Waals surface area contributed by atoms with Crippen LogP contribution < -0.4 is 5.32 Å². The van der Waals surface area contributed by atoms with Crippen LogP contribution in [0.25, 0.3) is 10.9 Å². The molecule has 1 aromatic carbocycles. The number of likely N-dealkylation sites (tertiary alicyclic amines) is 1. The summed E-state index contributed by atoms with van der Waals surface area (Å²) in [4.78, 5) is 18.9. The Morgan fingerprint density at radius 2 is 2.24 bits per heavy atom. The van der Waals surface area contributed by atoms with E-state index < -0.39 is 0 Å². The van der Waals surface area contributed by atoms with Crippen molar-refractivity contribution in [2.45, 2.75) is 19.4 Å². The van der Waals surface area contributed by atoms with Crippen LogP contribution in [0.5, 0.6) is 0 Å². The molecule has 1 N–H and O–H groups in total. The summed E-state index contributed by atoms with van der Waals surface area (Å²) in [5.41, 5.74) is 1.68. The Hall–Kier alpha value is -1.94. The molecule has 1 aliphatic heterocycles. The fourth-order valence-electron chi connectivity index (χ4n) is 3.15. The first-order valence-electron chi connectivity index (χ1n) is 7.50. The van der Waals surface area contributed by atoms with Gasteiger partial charge in [0.2, 0.25) is 0 Å². The molecule has 1 aromatic heterocycles. The molecule has 110 valence electrons. The van der Waals surface area contributed by atoms with Gasteiger partial charge in [0.1, 0.15) is 0 Å². The van der Waals surface area contributed by atoms with Crippen molar-refractivity contribution in [1.82, 2.24) is 15.2 Å². The van der Waals surface area contributed by atoms with Crippen molar-refractivity contribution in [2.75, 3.05) is 20.1 Å². The van der Waals surface area contributed by atoms with Crippen LogP contribution in [-0.4, -0.2) is 42.0 Å². The molecule has 0 spiro atoms. The molecule has 0 saturated carbocycles. The van der Waals surface area contributed by atoms with Crippen molar-refractivity contribution < 1.29 is 4.79 Å². The second kappa shape index (κ2) is 5.82. The molecule has 2 aromatic rings. The molecule has 1 fully saturated rings. The SMILES string of the molecule is CNC1CCN(C(=O)c2ccc3ncccc3c2)CC1C. The summed E-state index contributed by atoms with van der Waals surface area (Å²) >= 11 is 0. The van der Waals surface area contributed by atoms with E-state index in [1.54, 1.807) is 6.20 Å². The average molecular weight is 283 g/mol. The highest BCUT2D eigenvalue weighted by molar-refractivity contribution is 5.98. The Kier molecular flexibility index (Phi) is 3.88. The summed E-state index contributed by atoms with van der Waals surface area (Å²) in [5.74, 6) is 0.608. The van der Waals surface area contributed by atoms with Crippen molar-refractivity contribution >= 4 is 16.8 Å². The number of rotatable bonds is 2. The van der Waals surface area contributed by atoms with Crippen LogP contribution in [-0.2, 0) is 0 Å². The van der Waals surface area contributed by atoms with Gasteiger partial charge in [-0.05, 0) is 43.7 Å². The monoisotopic (exact) mass is 283 g/mol. The van der Waals surface area contributed by atoms with Crippen LogP contribution in [0, 0.1) is 5.92 Å². The number of hydrogen-bond donors (Lipinski definition) is 1. The van der Waals surface area contributed by atoms with E-state index >= 15 is 0 Å². The van der Waals surface area contributed by atoms with Crippen LogP contribution in [0.1, 0.15) is 23.7 Å². The lowest BCUT2D eigenvalue weighted by molar-refractivity contribution is 0.0649. The summed E-state index contributed by atoms with van der Waals surface area (Å²) in [6, 6.07) is 10.2. The average Bonchev–Trinajstić information content (AvgIpc) is 2.53. The number of nitrogens with one attached hydrogen (secondary N) is 1. The molecule has 4 nitrogen and oxygen atoms in total. The van der Waals surface area contributed by atoms with Gasteiger partial charge in [-0.1, -0.05) is 13.0 Å². The second-order valence-electron chi connectivity index (χ2n) is 5.82. The molecule has 21 heavy (non-hydrogen) atoms. The number of nitrogens with zero attached hydrogens (tertiary/aromatic N) is 2.